The Kier molecular flexibility index (Phi) is 21.8. The number of rotatable bonds is 5. The van der Waals surface area contributed by atoms with Crippen LogP contribution in [0.3, 0.4) is 0 Å². The van der Waals surface area contributed by atoms with Crippen LogP contribution in [-0.4, -0.2) is 40.7 Å². The highest BCUT2D eigenvalue weighted by atomic mass is 16.7. The number of anilines is 1. The number of aryl methyl sites for hydroxylation is 1. The molecule has 1 aliphatic heterocycles. The zero-order chi connectivity index (χ0) is 32.5. The molecule has 8 heteroatoms. The molecule has 0 spiro atoms. The highest BCUT2D eigenvalue weighted by molar-refractivity contribution is 5.89. The summed E-state index contributed by atoms with van der Waals surface area (Å²) in [5.74, 6) is 6.58. The second-order valence-corrected chi connectivity index (χ2v) is 8.72. The summed E-state index contributed by atoms with van der Waals surface area (Å²) in [4.78, 5) is 21.6. The standard InChI is InChI=1S/C20H22N6O2.C6H6.C5H12.2C2H6/c1-4-22-19-18(14(3)21)17(24-25-19)9-7-15-12-16(8-6-13(15)2)23-20(27)26-10-5-11-28-26;1-2-4-6-5-3-1;1-3-5-4-2;2*1-2/h4,6,8,12H,3,5,10-11,21H2,1-2H3,(H,23,27)(H,24,25);1-6H;3-5H2,1-2H3;2*1-2H3. The molecule has 1 aromatic heterocycles. The average molecular weight is 589 g/mol. The van der Waals surface area contributed by atoms with Crippen molar-refractivity contribution in [2.75, 3.05) is 18.5 Å². The third-order valence-electron chi connectivity index (χ3n) is 5.48. The smallest absolute Gasteiger partial charge is 0.345 e. The summed E-state index contributed by atoms with van der Waals surface area (Å²) in [6.45, 7) is 21.1. The Morgan fingerprint density at radius 1 is 1.12 bits per heavy atom. The minimum absolute atomic E-state index is 0.294. The number of H-pyrrole nitrogens is 1. The number of unbranched alkanes of at least 4 members (excludes halogenated alkanes) is 2. The first-order chi connectivity index (χ1) is 20.9. The highest BCUT2D eigenvalue weighted by Gasteiger charge is 2.19. The van der Waals surface area contributed by atoms with E-state index in [0.717, 1.165) is 17.5 Å². The van der Waals surface area contributed by atoms with Gasteiger partial charge in [-0.05, 0) is 43.9 Å². The van der Waals surface area contributed by atoms with E-state index in [0.29, 0.717) is 41.6 Å². The zero-order valence-electron chi connectivity index (χ0n) is 27.5. The minimum atomic E-state index is -0.294. The van der Waals surface area contributed by atoms with E-state index in [-0.39, 0.29) is 6.03 Å². The first-order valence-corrected chi connectivity index (χ1v) is 15.3. The van der Waals surface area contributed by atoms with Gasteiger partial charge in [0.2, 0.25) is 0 Å². The molecule has 0 unspecified atom stereocenters. The van der Waals surface area contributed by atoms with Gasteiger partial charge in [-0.1, -0.05) is 116 Å². The number of urea groups is 1. The lowest BCUT2D eigenvalue weighted by atomic mass is 10.1. The molecule has 0 atom stereocenters. The molecule has 3 aromatic rings. The van der Waals surface area contributed by atoms with Gasteiger partial charge in [0.25, 0.3) is 0 Å². The molecule has 43 heavy (non-hydrogen) atoms. The van der Waals surface area contributed by atoms with Crippen molar-refractivity contribution in [2.24, 2.45) is 10.7 Å². The van der Waals surface area contributed by atoms with Crippen LogP contribution in [0.2, 0.25) is 0 Å². The number of aromatic amines is 1. The van der Waals surface area contributed by atoms with Gasteiger partial charge in [0.05, 0.1) is 18.7 Å². The predicted molar refractivity (Wildman–Crippen MR) is 183 cm³/mol. The maximum absolute atomic E-state index is 12.2. The van der Waals surface area contributed by atoms with Crippen LogP contribution in [-0.2, 0) is 4.84 Å². The van der Waals surface area contributed by atoms with Gasteiger partial charge in [-0.25, -0.2) is 14.9 Å². The number of hydrogen-bond acceptors (Lipinski definition) is 5. The lowest BCUT2D eigenvalue weighted by Crippen LogP contribution is -2.31. The minimum Gasteiger partial charge on any atom is -0.399 e. The number of nitrogens with one attached hydrogen (secondary N) is 2. The number of benzene rings is 2. The van der Waals surface area contributed by atoms with E-state index >= 15 is 0 Å². The Hall–Kier alpha value is -4.35. The number of aromatic nitrogens is 2. The lowest BCUT2D eigenvalue weighted by molar-refractivity contribution is -0.0614. The van der Waals surface area contributed by atoms with Crippen LogP contribution in [0, 0.1) is 18.8 Å². The van der Waals surface area contributed by atoms with E-state index in [1.54, 1.807) is 13.1 Å². The predicted octanol–water partition coefficient (Wildman–Crippen LogP) is 8.87. The molecule has 1 fully saturated rings. The number of hydrogen-bond donors (Lipinski definition) is 3. The second-order valence-electron chi connectivity index (χ2n) is 8.72. The van der Waals surface area contributed by atoms with E-state index in [2.05, 4.69) is 52.8 Å². The van der Waals surface area contributed by atoms with Crippen molar-refractivity contribution in [1.82, 2.24) is 15.3 Å². The van der Waals surface area contributed by atoms with Crippen molar-refractivity contribution >= 4 is 29.4 Å². The Balaban J connectivity index is 0.000000973. The van der Waals surface area contributed by atoms with Gasteiger partial charge in [-0.3, -0.25) is 9.94 Å². The van der Waals surface area contributed by atoms with Crippen LogP contribution in [0.1, 0.15) is 96.5 Å². The summed E-state index contributed by atoms with van der Waals surface area (Å²) in [6.07, 6.45) is 6.54. The summed E-state index contributed by atoms with van der Waals surface area (Å²) >= 11 is 0. The number of aliphatic imine (C=N–C) groups is 1. The van der Waals surface area contributed by atoms with Crippen molar-refractivity contribution in [3.05, 3.63) is 83.6 Å². The third-order valence-corrected chi connectivity index (χ3v) is 5.48. The topological polar surface area (TPSA) is 109 Å². The molecule has 0 aliphatic carbocycles. The van der Waals surface area contributed by atoms with Crippen LogP contribution < -0.4 is 11.1 Å². The van der Waals surface area contributed by atoms with Gasteiger partial charge in [0.15, 0.2) is 5.82 Å². The number of carbonyl (C=O) groups is 1. The molecule has 8 nitrogen and oxygen atoms in total. The van der Waals surface area contributed by atoms with Crippen LogP contribution in [0.15, 0.2) is 66.2 Å². The molecule has 1 saturated heterocycles. The van der Waals surface area contributed by atoms with Crippen LogP contribution in [0.4, 0.5) is 16.3 Å². The summed E-state index contributed by atoms with van der Waals surface area (Å²) in [5, 5.41) is 11.1. The SMILES string of the molecule is C=C(N)c1c(N=CC)n[nH]c1C#Cc1cc(NC(=O)N2CCCO2)ccc1C.CC.CC.CCCCC.c1ccccc1. The Morgan fingerprint density at radius 2 is 1.72 bits per heavy atom. The molecule has 4 N–H and O–H groups in total. The number of nitrogens with zero attached hydrogens (tertiary/aromatic N) is 3. The summed E-state index contributed by atoms with van der Waals surface area (Å²) in [6, 6.07) is 17.2. The van der Waals surface area contributed by atoms with E-state index < -0.39 is 0 Å². The molecule has 0 saturated carbocycles. The maximum atomic E-state index is 12.2. The molecular formula is C35H52N6O2. The number of amides is 2. The molecule has 234 valence electrons. The van der Waals surface area contributed by atoms with Crippen LogP contribution >= 0.6 is 0 Å². The van der Waals surface area contributed by atoms with Gasteiger partial charge >= 0.3 is 6.03 Å². The summed E-state index contributed by atoms with van der Waals surface area (Å²) < 4.78 is 0. The van der Waals surface area contributed by atoms with Gasteiger partial charge < -0.3 is 11.1 Å². The Morgan fingerprint density at radius 3 is 2.19 bits per heavy atom. The lowest BCUT2D eigenvalue weighted by Gasteiger charge is -2.15. The Bertz CT molecular complexity index is 1240. The fraction of sp³-hybridized carbons (Fsp3) is 0.400. The maximum Gasteiger partial charge on any atom is 0.345 e. The first-order valence-electron chi connectivity index (χ1n) is 15.3. The quantitative estimate of drug-likeness (QED) is 0.204. The van der Waals surface area contributed by atoms with Gasteiger partial charge in [0, 0.05) is 23.2 Å². The fourth-order valence-corrected chi connectivity index (χ4v) is 3.44. The van der Waals surface area contributed by atoms with Crippen molar-refractivity contribution in [1.29, 1.82) is 0 Å². The first kappa shape index (κ1) is 38.6. The highest BCUT2D eigenvalue weighted by Crippen LogP contribution is 2.23. The summed E-state index contributed by atoms with van der Waals surface area (Å²) in [7, 11) is 0. The van der Waals surface area contributed by atoms with Crippen molar-refractivity contribution < 1.29 is 9.63 Å². The van der Waals surface area contributed by atoms with E-state index in [4.69, 9.17) is 10.6 Å². The van der Waals surface area contributed by atoms with E-state index in [9.17, 15) is 4.79 Å². The second kappa shape index (κ2) is 24.3. The largest absolute Gasteiger partial charge is 0.399 e. The van der Waals surface area contributed by atoms with Crippen LogP contribution in [0.5, 0.6) is 0 Å². The molecule has 1 aliphatic rings. The Labute approximate surface area is 259 Å². The van der Waals surface area contributed by atoms with Gasteiger partial charge in [-0.2, -0.15) is 5.10 Å². The molecule has 0 radical (unpaired) electrons. The number of hydroxylamine groups is 2. The van der Waals surface area contributed by atoms with Crippen molar-refractivity contribution in [3.8, 4) is 11.8 Å². The molecule has 2 aromatic carbocycles. The normalized spacial score (nSPS) is 11.1. The average Bonchev–Trinajstić information content (AvgIpc) is 3.73. The third kappa shape index (κ3) is 14.9. The number of carbonyl (C=O) groups excluding carboxylic acids is 1. The van der Waals surface area contributed by atoms with E-state index in [1.807, 2.05) is 89.2 Å². The molecular weight excluding hydrogens is 536 g/mol. The molecule has 2 heterocycles. The van der Waals surface area contributed by atoms with Crippen LogP contribution in [0.25, 0.3) is 5.70 Å². The van der Waals surface area contributed by atoms with Crippen molar-refractivity contribution in [3.63, 3.8) is 0 Å². The van der Waals surface area contributed by atoms with Gasteiger partial charge in [-0.15, -0.1) is 0 Å². The zero-order valence-corrected chi connectivity index (χ0v) is 27.5. The van der Waals surface area contributed by atoms with E-state index in [1.165, 1.54) is 24.3 Å². The van der Waals surface area contributed by atoms with Gasteiger partial charge in [0.1, 0.15) is 5.69 Å². The fourth-order valence-electron chi connectivity index (χ4n) is 3.44. The monoisotopic (exact) mass is 588 g/mol. The molecule has 4 rings (SSSR count). The molecule has 2 amide bonds. The molecule has 0 bridgehead atoms. The van der Waals surface area contributed by atoms with Crippen molar-refractivity contribution in [2.45, 2.75) is 81.1 Å². The summed E-state index contributed by atoms with van der Waals surface area (Å²) in [5.41, 5.74) is 9.70. The number of nitrogens with two attached hydrogens (primary N) is 1.